The molecule has 1 aliphatic carbocycles. The topological polar surface area (TPSA) is 85.8 Å². The van der Waals surface area contributed by atoms with E-state index in [0.717, 1.165) is 35.2 Å². The van der Waals surface area contributed by atoms with Crippen molar-refractivity contribution in [2.75, 3.05) is 13.1 Å². The summed E-state index contributed by atoms with van der Waals surface area (Å²) in [6.45, 7) is 13.1. The van der Waals surface area contributed by atoms with Gasteiger partial charge in [0.1, 0.15) is 0 Å². The number of pyridine rings is 1. The third kappa shape index (κ3) is 6.00. The van der Waals surface area contributed by atoms with Gasteiger partial charge in [0.05, 0.1) is 12.0 Å². The van der Waals surface area contributed by atoms with Crippen LogP contribution in [0.4, 0.5) is 0 Å². The Morgan fingerprint density at radius 1 is 1.07 bits per heavy atom. The molecule has 0 amide bonds. The molecule has 1 atom stereocenters. The number of nitrogens with zero attached hydrogens (tertiary/aromatic N) is 4. The highest BCUT2D eigenvalue weighted by molar-refractivity contribution is 6.16. The summed E-state index contributed by atoms with van der Waals surface area (Å²) >= 11 is 0. The molecule has 224 valence electrons. The second-order valence-electron chi connectivity index (χ2n) is 10.7. The Kier molecular flexibility index (Phi) is 9.85. The Hall–Kier alpha value is -5.49. The number of allylic oxidation sites excluding steroid dienone is 8. The van der Waals surface area contributed by atoms with Gasteiger partial charge in [-0.05, 0) is 77.9 Å². The molecule has 1 aliphatic heterocycles. The Balaban J connectivity index is 1.78. The molecule has 2 N–H and O–H groups in total. The molecule has 6 heteroatoms. The Bertz CT molecular complexity index is 1820. The van der Waals surface area contributed by atoms with E-state index in [9.17, 15) is 0 Å². The number of nitrogens with one attached hydrogen (secondary N) is 2. The average Bonchev–Trinajstić information content (AvgIpc) is 3.40. The van der Waals surface area contributed by atoms with Crippen molar-refractivity contribution in [3.05, 3.63) is 161 Å². The molecular formula is C39H38N6. The van der Waals surface area contributed by atoms with Crippen molar-refractivity contribution in [1.82, 2.24) is 10.3 Å². The number of hydrogen-bond donors (Lipinski definition) is 2. The van der Waals surface area contributed by atoms with Gasteiger partial charge < -0.3 is 10.7 Å². The summed E-state index contributed by atoms with van der Waals surface area (Å²) in [7, 11) is 0. The minimum Gasteiger partial charge on any atom is -0.387 e. The summed E-state index contributed by atoms with van der Waals surface area (Å²) in [5.41, 5.74) is 8.89. The van der Waals surface area contributed by atoms with E-state index in [1.165, 1.54) is 28.5 Å². The molecule has 1 unspecified atom stereocenters. The van der Waals surface area contributed by atoms with Gasteiger partial charge in [0.2, 0.25) is 0 Å². The molecule has 0 bridgehead atoms. The van der Waals surface area contributed by atoms with Crippen molar-refractivity contribution in [3.8, 4) is 11.1 Å². The lowest BCUT2D eigenvalue weighted by Gasteiger charge is -2.36. The molecule has 45 heavy (non-hydrogen) atoms. The number of aromatic nitrogens is 1. The SMILES string of the molecule is C=C/C=C(\C=N)CN=C(N=C(N=C)c1cccc2c1-c1ccccc1C2(C1=CCNC=C1)/C(C)=C/C=C\CC)c1cccnc1. The quantitative estimate of drug-likeness (QED) is 0.143. The minimum atomic E-state index is -0.500. The lowest BCUT2D eigenvalue weighted by molar-refractivity contribution is 0.730. The lowest BCUT2D eigenvalue weighted by atomic mass is 9.66. The van der Waals surface area contributed by atoms with Crippen LogP contribution in [0.25, 0.3) is 11.1 Å². The number of rotatable bonds is 10. The van der Waals surface area contributed by atoms with Gasteiger partial charge in [-0.3, -0.25) is 9.98 Å². The Morgan fingerprint density at radius 3 is 2.62 bits per heavy atom. The van der Waals surface area contributed by atoms with Gasteiger partial charge in [0.25, 0.3) is 0 Å². The minimum absolute atomic E-state index is 0.260. The fourth-order valence-corrected chi connectivity index (χ4v) is 6.11. The van der Waals surface area contributed by atoms with E-state index in [1.54, 1.807) is 24.5 Å². The van der Waals surface area contributed by atoms with Gasteiger partial charge >= 0.3 is 0 Å². The summed E-state index contributed by atoms with van der Waals surface area (Å²) in [6.07, 6.45) is 22.2. The maximum atomic E-state index is 7.78. The first-order valence-electron chi connectivity index (χ1n) is 15.1. The molecular weight excluding hydrogens is 552 g/mol. The van der Waals surface area contributed by atoms with Crippen molar-refractivity contribution >= 4 is 24.6 Å². The number of dihydropyridines is 1. The van der Waals surface area contributed by atoms with Gasteiger partial charge in [-0.1, -0.05) is 98.0 Å². The highest BCUT2D eigenvalue weighted by atomic mass is 15.0. The fourth-order valence-electron chi connectivity index (χ4n) is 6.11. The van der Waals surface area contributed by atoms with Crippen molar-refractivity contribution in [1.29, 1.82) is 5.41 Å². The number of aliphatic imine (C=N–C) groups is 3. The largest absolute Gasteiger partial charge is 0.387 e. The molecule has 0 spiro atoms. The zero-order chi connectivity index (χ0) is 31.6. The molecule has 3 aromatic rings. The van der Waals surface area contributed by atoms with Crippen LogP contribution in [0.3, 0.4) is 0 Å². The summed E-state index contributed by atoms with van der Waals surface area (Å²) < 4.78 is 0. The van der Waals surface area contributed by atoms with E-state index >= 15 is 0 Å². The molecule has 5 rings (SSSR count). The maximum Gasteiger partial charge on any atom is 0.161 e. The zero-order valence-corrected chi connectivity index (χ0v) is 25.9. The predicted molar refractivity (Wildman–Crippen MR) is 190 cm³/mol. The number of benzene rings is 2. The second kappa shape index (κ2) is 14.3. The molecule has 1 aromatic heterocycles. The van der Waals surface area contributed by atoms with Crippen molar-refractivity contribution in [3.63, 3.8) is 0 Å². The summed E-state index contributed by atoms with van der Waals surface area (Å²) in [5.74, 6) is 0.925. The van der Waals surface area contributed by atoms with E-state index in [0.29, 0.717) is 17.2 Å². The molecule has 0 radical (unpaired) electrons. The fraction of sp³-hybridized carbons (Fsp3) is 0.154. The Morgan fingerprint density at radius 2 is 1.91 bits per heavy atom. The normalized spacial score (nSPS) is 18.2. The number of fused-ring (bicyclic) bond motifs is 3. The molecule has 0 saturated heterocycles. The molecule has 0 saturated carbocycles. The van der Waals surface area contributed by atoms with Gasteiger partial charge in [-0.15, -0.1) is 0 Å². The van der Waals surface area contributed by atoms with E-state index in [-0.39, 0.29) is 6.54 Å². The maximum absolute atomic E-state index is 7.78. The van der Waals surface area contributed by atoms with Crippen LogP contribution in [-0.2, 0) is 5.41 Å². The van der Waals surface area contributed by atoms with Crippen LogP contribution in [0.5, 0.6) is 0 Å². The third-order valence-corrected chi connectivity index (χ3v) is 8.08. The van der Waals surface area contributed by atoms with Crippen LogP contribution >= 0.6 is 0 Å². The monoisotopic (exact) mass is 590 g/mol. The lowest BCUT2D eigenvalue weighted by Crippen LogP contribution is -2.31. The van der Waals surface area contributed by atoms with Crippen LogP contribution in [0.15, 0.2) is 154 Å². The first-order valence-corrected chi connectivity index (χ1v) is 15.1. The van der Waals surface area contributed by atoms with Gasteiger partial charge in [-0.2, -0.15) is 0 Å². The number of hydrogen-bond acceptors (Lipinski definition) is 4. The van der Waals surface area contributed by atoms with Gasteiger partial charge in [0, 0.05) is 36.3 Å². The molecule has 2 heterocycles. The average molecular weight is 591 g/mol. The van der Waals surface area contributed by atoms with Gasteiger partial charge in [0.15, 0.2) is 11.7 Å². The smallest absolute Gasteiger partial charge is 0.161 e. The van der Waals surface area contributed by atoms with E-state index in [1.807, 2.05) is 18.3 Å². The predicted octanol–water partition coefficient (Wildman–Crippen LogP) is 7.96. The van der Waals surface area contributed by atoms with Crippen LogP contribution in [-0.4, -0.2) is 42.7 Å². The first-order chi connectivity index (χ1) is 22.1. The molecule has 0 fully saturated rings. The first kappa shape index (κ1) is 31.0. The van der Waals surface area contributed by atoms with E-state index in [2.05, 4.69) is 115 Å². The second-order valence-corrected chi connectivity index (χ2v) is 10.7. The summed E-state index contributed by atoms with van der Waals surface area (Å²) in [4.78, 5) is 18.6. The molecule has 6 nitrogen and oxygen atoms in total. The van der Waals surface area contributed by atoms with E-state index < -0.39 is 5.41 Å². The number of amidine groups is 2. The van der Waals surface area contributed by atoms with Crippen LogP contribution in [0.1, 0.15) is 42.5 Å². The summed E-state index contributed by atoms with van der Waals surface area (Å²) in [6, 6.07) is 18.8. The highest BCUT2D eigenvalue weighted by Gasteiger charge is 2.47. The van der Waals surface area contributed by atoms with Crippen molar-refractivity contribution < 1.29 is 0 Å². The van der Waals surface area contributed by atoms with Crippen LogP contribution < -0.4 is 5.32 Å². The van der Waals surface area contributed by atoms with Crippen LogP contribution in [0.2, 0.25) is 0 Å². The zero-order valence-electron chi connectivity index (χ0n) is 25.9. The standard InChI is InChI=1S/C39H38N6/c1-5-7-8-14-28(3)39(31-20-23-42-24-21-31)34-18-10-9-16-32(34)36-33(17-11-19-35(36)39)38(41-4)45-37(30-15-12-22-43-27-30)44-26-29(25-40)13-6-2/h6-23,25,27,40,42H,2,4-5,24,26H2,1,3H3/b8-7-,28-14+,29-13+,40-25?,44-37?,45-38?. The van der Waals surface area contributed by atoms with E-state index in [4.69, 9.17) is 15.4 Å². The van der Waals surface area contributed by atoms with Crippen molar-refractivity contribution in [2.24, 2.45) is 15.0 Å². The molecule has 2 aromatic carbocycles. The highest BCUT2D eigenvalue weighted by Crippen LogP contribution is 2.57. The van der Waals surface area contributed by atoms with Crippen LogP contribution in [0, 0.1) is 5.41 Å². The third-order valence-electron chi connectivity index (χ3n) is 8.08. The van der Waals surface area contributed by atoms with Gasteiger partial charge in [-0.25, -0.2) is 9.98 Å². The Labute approximate surface area is 266 Å². The van der Waals surface area contributed by atoms with Crippen molar-refractivity contribution in [2.45, 2.75) is 25.7 Å². The summed E-state index contributed by atoms with van der Waals surface area (Å²) in [5, 5.41) is 11.1. The molecule has 2 aliphatic rings.